The van der Waals surface area contributed by atoms with E-state index < -0.39 is 6.61 Å². The van der Waals surface area contributed by atoms with Crippen LogP contribution < -0.4 is 4.74 Å². The summed E-state index contributed by atoms with van der Waals surface area (Å²) in [7, 11) is 0. The van der Waals surface area contributed by atoms with Crippen molar-refractivity contribution in [2.45, 2.75) is 45.8 Å². The van der Waals surface area contributed by atoms with Crippen LogP contribution in [0.3, 0.4) is 0 Å². The minimum atomic E-state index is -2.80. The van der Waals surface area contributed by atoms with E-state index in [0.717, 1.165) is 70.6 Å². The fourth-order valence-corrected chi connectivity index (χ4v) is 4.32. The highest BCUT2D eigenvalue weighted by molar-refractivity contribution is 5.76. The molecule has 162 valence electrons. The molecule has 0 N–H and O–H groups in total. The summed E-state index contributed by atoms with van der Waals surface area (Å²) in [6.45, 7) is 6.56. The number of hydrogen-bond acceptors (Lipinski definition) is 4. The molecule has 0 spiro atoms. The third kappa shape index (κ3) is 6.64. The van der Waals surface area contributed by atoms with Crippen molar-refractivity contribution < 1.29 is 18.3 Å². The number of halogens is 2. The number of amides is 1. The van der Waals surface area contributed by atoms with Gasteiger partial charge in [0.15, 0.2) is 0 Å². The van der Waals surface area contributed by atoms with Gasteiger partial charge in [0, 0.05) is 44.7 Å². The van der Waals surface area contributed by atoms with Gasteiger partial charge in [0.05, 0.1) is 0 Å². The van der Waals surface area contributed by atoms with Gasteiger partial charge in [0.1, 0.15) is 5.75 Å². The van der Waals surface area contributed by atoms with Gasteiger partial charge in [-0.1, -0.05) is 25.1 Å². The summed E-state index contributed by atoms with van der Waals surface area (Å²) in [6.07, 6.45) is 3.69. The van der Waals surface area contributed by atoms with Crippen molar-refractivity contribution in [3.8, 4) is 5.75 Å². The van der Waals surface area contributed by atoms with Gasteiger partial charge in [-0.05, 0) is 50.9 Å². The number of nitrogens with zero attached hydrogens (tertiary/aromatic N) is 3. The molecule has 0 saturated carbocycles. The lowest BCUT2D eigenvalue weighted by Crippen LogP contribution is -2.48. The van der Waals surface area contributed by atoms with E-state index in [4.69, 9.17) is 0 Å². The van der Waals surface area contributed by atoms with E-state index in [1.54, 1.807) is 12.1 Å². The molecule has 3 rings (SSSR count). The van der Waals surface area contributed by atoms with Gasteiger partial charge in [0.2, 0.25) is 5.91 Å². The number of likely N-dealkylation sites (tertiary alicyclic amines) is 1. The Labute approximate surface area is 172 Å². The molecular weight excluding hydrogens is 376 g/mol. The van der Waals surface area contributed by atoms with Gasteiger partial charge in [0.25, 0.3) is 0 Å². The second-order valence-electron chi connectivity index (χ2n) is 8.06. The number of carbonyl (C=O) groups excluding carboxylic acids is 1. The van der Waals surface area contributed by atoms with Gasteiger partial charge in [-0.3, -0.25) is 9.69 Å². The molecule has 2 fully saturated rings. The summed E-state index contributed by atoms with van der Waals surface area (Å²) in [5.74, 6) is 1.12. The first-order valence-electron chi connectivity index (χ1n) is 10.8. The third-order valence-corrected chi connectivity index (χ3v) is 6.23. The maximum Gasteiger partial charge on any atom is 0.387 e. The molecule has 0 bridgehead atoms. The fraction of sp³-hybridized carbons (Fsp3) is 0.682. The molecule has 1 amide bonds. The van der Waals surface area contributed by atoms with E-state index in [1.807, 2.05) is 17.0 Å². The van der Waals surface area contributed by atoms with E-state index in [-0.39, 0.29) is 5.75 Å². The van der Waals surface area contributed by atoms with Gasteiger partial charge in [-0.25, -0.2) is 0 Å². The normalized spacial score (nSPS) is 19.7. The van der Waals surface area contributed by atoms with Crippen molar-refractivity contribution in [2.24, 2.45) is 5.92 Å². The number of alkyl halides is 2. The Hall–Kier alpha value is -1.73. The summed E-state index contributed by atoms with van der Waals surface area (Å²) in [4.78, 5) is 19.2. The molecule has 2 heterocycles. The topological polar surface area (TPSA) is 36.0 Å². The molecule has 0 unspecified atom stereocenters. The summed E-state index contributed by atoms with van der Waals surface area (Å²) in [6, 6.07) is 7.01. The van der Waals surface area contributed by atoms with Crippen LogP contribution >= 0.6 is 0 Å². The predicted molar refractivity (Wildman–Crippen MR) is 109 cm³/mol. The molecule has 2 aliphatic rings. The number of para-hydroxylation sites is 1. The number of rotatable bonds is 8. The zero-order chi connectivity index (χ0) is 20.6. The molecule has 2 saturated heterocycles. The quantitative estimate of drug-likeness (QED) is 0.659. The molecule has 0 atom stereocenters. The second kappa shape index (κ2) is 10.9. The molecule has 5 nitrogen and oxygen atoms in total. The van der Waals surface area contributed by atoms with Crippen LogP contribution in [-0.4, -0.2) is 73.0 Å². The summed E-state index contributed by atoms with van der Waals surface area (Å²) < 4.78 is 29.8. The van der Waals surface area contributed by atoms with E-state index >= 15 is 0 Å². The highest BCUT2D eigenvalue weighted by atomic mass is 19.3. The highest BCUT2D eigenvalue weighted by Gasteiger charge is 2.24. The summed E-state index contributed by atoms with van der Waals surface area (Å²) in [5, 5.41) is 0. The van der Waals surface area contributed by atoms with E-state index in [9.17, 15) is 13.6 Å². The number of benzene rings is 1. The van der Waals surface area contributed by atoms with Crippen molar-refractivity contribution in [2.75, 3.05) is 45.8 Å². The Morgan fingerprint density at radius 1 is 1.07 bits per heavy atom. The molecule has 7 heteroatoms. The smallest absolute Gasteiger partial charge is 0.387 e. The zero-order valence-corrected chi connectivity index (χ0v) is 17.4. The van der Waals surface area contributed by atoms with Crippen molar-refractivity contribution in [1.82, 2.24) is 14.7 Å². The average molecular weight is 410 g/mol. The lowest BCUT2D eigenvalue weighted by atomic mass is 9.91. The number of hydrogen-bond donors (Lipinski definition) is 0. The fourth-order valence-electron chi connectivity index (χ4n) is 4.32. The Balaban J connectivity index is 1.38. The third-order valence-electron chi connectivity index (χ3n) is 6.23. The van der Waals surface area contributed by atoms with Crippen molar-refractivity contribution in [1.29, 1.82) is 0 Å². The Bertz CT molecular complexity index is 643. The number of piperazine rings is 1. The lowest BCUT2D eigenvalue weighted by Gasteiger charge is -2.35. The predicted octanol–water partition coefficient (Wildman–Crippen LogP) is 3.44. The largest absolute Gasteiger partial charge is 0.434 e. The van der Waals surface area contributed by atoms with Gasteiger partial charge >= 0.3 is 6.61 Å². The minimum Gasteiger partial charge on any atom is -0.434 e. The van der Waals surface area contributed by atoms with Crippen LogP contribution in [0, 0.1) is 5.92 Å². The number of carbonyl (C=O) groups is 1. The Kier molecular flexibility index (Phi) is 8.24. The molecule has 0 aromatic heterocycles. The standard InChI is InChI=1S/C22H33F2N3O2/c1-2-25-13-15-27(16-14-25)21(28)8-7-18-9-11-26(12-10-18)17-19-5-3-4-6-20(19)29-22(23)24/h3-6,18,22H,2,7-17H2,1H3. The van der Waals surface area contributed by atoms with Crippen molar-refractivity contribution >= 4 is 5.91 Å². The van der Waals surface area contributed by atoms with Gasteiger partial charge in [-0.2, -0.15) is 8.78 Å². The minimum absolute atomic E-state index is 0.262. The SMILES string of the molecule is CCN1CCN(C(=O)CCC2CCN(Cc3ccccc3OC(F)F)CC2)CC1. The van der Waals surface area contributed by atoms with Crippen LogP contribution in [0.1, 0.15) is 38.2 Å². The van der Waals surface area contributed by atoms with Crippen LogP contribution in [0.5, 0.6) is 5.75 Å². The molecule has 0 radical (unpaired) electrons. The van der Waals surface area contributed by atoms with E-state index in [1.165, 1.54) is 0 Å². The first-order chi connectivity index (χ1) is 14.0. The molecule has 29 heavy (non-hydrogen) atoms. The van der Waals surface area contributed by atoms with E-state index in [2.05, 4.69) is 21.5 Å². The highest BCUT2D eigenvalue weighted by Crippen LogP contribution is 2.27. The van der Waals surface area contributed by atoms with Gasteiger partial charge < -0.3 is 14.5 Å². The first-order valence-corrected chi connectivity index (χ1v) is 10.8. The molecule has 2 aliphatic heterocycles. The molecule has 1 aromatic rings. The van der Waals surface area contributed by atoms with Crippen molar-refractivity contribution in [3.05, 3.63) is 29.8 Å². The molecular formula is C22H33F2N3O2. The molecule has 1 aromatic carbocycles. The Morgan fingerprint density at radius 3 is 2.41 bits per heavy atom. The number of piperidine rings is 1. The number of likely N-dealkylation sites (N-methyl/N-ethyl adjacent to an activating group) is 1. The van der Waals surface area contributed by atoms with E-state index in [0.29, 0.717) is 24.8 Å². The average Bonchev–Trinajstić information content (AvgIpc) is 2.74. The summed E-state index contributed by atoms with van der Waals surface area (Å²) >= 11 is 0. The van der Waals surface area contributed by atoms with Crippen LogP contribution in [0.4, 0.5) is 8.78 Å². The van der Waals surface area contributed by atoms with Crippen LogP contribution in [0.15, 0.2) is 24.3 Å². The first kappa shape index (κ1) is 22.0. The maximum atomic E-state index is 12.6. The van der Waals surface area contributed by atoms with Crippen molar-refractivity contribution in [3.63, 3.8) is 0 Å². The monoisotopic (exact) mass is 409 g/mol. The number of ether oxygens (including phenoxy) is 1. The second-order valence-corrected chi connectivity index (χ2v) is 8.06. The zero-order valence-electron chi connectivity index (χ0n) is 17.4. The summed E-state index contributed by atoms with van der Waals surface area (Å²) in [5.41, 5.74) is 0.799. The Morgan fingerprint density at radius 2 is 1.76 bits per heavy atom. The van der Waals surface area contributed by atoms with Crippen LogP contribution in [0.25, 0.3) is 0 Å². The van der Waals surface area contributed by atoms with Gasteiger partial charge in [-0.15, -0.1) is 0 Å². The molecule has 0 aliphatic carbocycles. The maximum absolute atomic E-state index is 12.6. The lowest BCUT2D eigenvalue weighted by molar-refractivity contribution is -0.133. The van der Waals surface area contributed by atoms with Crippen LogP contribution in [0.2, 0.25) is 0 Å². The van der Waals surface area contributed by atoms with Crippen LogP contribution in [-0.2, 0) is 11.3 Å².